The van der Waals surface area contributed by atoms with E-state index >= 15 is 0 Å². The Hall–Kier alpha value is -0.170. The van der Waals surface area contributed by atoms with Gasteiger partial charge in [-0.25, -0.2) is 8.42 Å². The van der Waals surface area contributed by atoms with Crippen molar-refractivity contribution in [3.05, 3.63) is 0 Å². The van der Waals surface area contributed by atoms with Gasteiger partial charge in [-0.05, 0) is 13.0 Å². The summed E-state index contributed by atoms with van der Waals surface area (Å²) in [7, 11) is -1.20. The van der Waals surface area contributed by atoms with Crippen LogP contribution in [0.1, 0.15) is 6.42 Å². The molecule has 5 nitrogen and oxygen atoms in total. The van der Waals surface area contributed by atoms with Gasteiger partial charge in [0, 0.05) is 26.2 Å². The van der Waals surface area contributed by atoms with Crippen LogP contribution in [0.15, 0.2) is 0 Å². The van der Waals surface area contributed by atoms with Gasteiger partial charge in [-0.2, -0.15) is 0 Å². The maximum Gasteiger partial charge on any atom is 0.151 e. The molecule has 0 bridgehead atoms. The highest BCUT2D eigenvalue weighted by atomic mass is 32.2. The van der Waals surface area contributed by atoms with Crippen LogP contribution in [-0.2, 0) is 14.6 Å². The molecule has 0 saturated carbocycles. The second-order valence-corrected chi connectivity index (χ2v) is 6.33. The molecule has 0 aliphatic carbocycles. The van der Waals surface area contributed by atoms with Gasteiger partial charge in [0.25, 0.3) is 0 Å². The Morgan fingerprint density at radius 3 is 2.80 bits per heavy atom. The number of hydrogen-bond donors (Lipinski definition) is 1. The molecule has 1 aliphatic rings. The van der Waals surface area contributed by atoms with Crippen molar-refractivity contribution in [1.82, 2.24) is 4.90 Å². The second kappa shape index (κ2) is 5.79. The summed E-state index contributed by atoms with van der Waals surface area (Å²) in [6.45, 7) is 2.64. The Morgan fingerprint density at radius 2 is 2.13 bits per heavy atom. The summed E-state index contributed by atoms with van der Waals surface area (Å²) in [6.07, 6.45) is 0.710. The highest BCUT2D eigenvalue weighted by Gasteiger charge is 2.20. The Bertz CT molecular complexity index is 279. The average Bonchev–Trinajstić information content (AvgIpc) is 2.28. The maximum atomic E-state index is 11.3. The smallest absolute Gasteiger partial charge is 0.151 e. The van der Waals surface area contributed by atoms with Gasteiger partial charge < -0.3 is 15.4 Å². The fourth-order valence-electron chi connectivity index (χ4n) is 1.77. The zero-order valence-corrected chi connectivity index (χ0v) is 10.0. The number of sulfone groups is 1. The lowest BCUT2D eigenvalue weighted by Gasteiger charge is -2.22. The lowest BCUT2D eigenvalue weighted by Crippen LogP contribution is -2.41. The quantitative estimate of drug-likeness (QED) is 0.683. The lowest BCUT2D eigenvalue weighted by molar-refractivity contribution is 0.156. The van der Waals surface area contributed by atoms with Crippen LogP contribution in [0.2, 0.25) is 0 Å². The van der Waals surface area contributed by atoms with Crippen molar-refractivity contribution in [3.8, 4) is 0 Å². The highest BCUT2D eigenvalue weighted by molar-refractivity contribution is 7.91. The Labute approximate surface area is 91.5 Å². The third kappa shape index (κ3) is 4.92. The standard InChI is InChI=1S/C9H20N2O3S/c1-14-8-9(10)7-11-3-2-5-15(12,13)6-4-11/h9H,2-8,10H2,1H3. The number of nitrogens with zero attached hydrogens (tertiary/aromatic N) is 1. The normalized spacial score (nSPS) is 24.7. The molecule has 0 radical (unpaired) electrons. The third-order valence-corrected chi connectivity index (χ3v) is 4.24. The van der Waals surface area contributed by atoms with Crippen LogP contribution in [0.3, 0.4) is 0 Å². The summed E-state index contributed by atoms with van der Waals surface area (Å²) in [5.41, 5.74) is 5.82. The van der Waals surface area contributed by atoms with Crippen molar-refractivity contribution in [2.45, 2.75) is 12.5 Å². The molecular formula is C9H20N2O3S. The fraction of sp³-hybridized carbons (Fsp3) is 1.00. The summed E-state index contributed by atoms with van der Waals surface area (Å²) in [5, 5.41) is 0. The van der Waals surface area contributed by atoms with Crippen molar-refractivity contribution >= 4 is 9.84 Å². The summed E-state index contributed by atoms with van der Waals surface area (Å²) in [4.78, 5) is 2.11. The predicted octanol–water partition coefficient (Wildman–Crippen LogP) is -0.919. The molecule has 0 aromatic rings. The van der Waals surface area contributed by atoms with Gasteiger partial charge in [-0.1, -0.05) is 0 Å². The minimum atomic E-state index is -2.81. The predicted molar refractivity (Wildman–Crippen MR) is 59.6 cm³/mol. The van der Waals surface area contributed by atoms with Crippen LogP contribution >= 0.6 is 0 Å². The SMILES string of the molecule is COCC(N)CN1CCCS(=O)(=O)CC1. The average molecular weight is 236 g/mol. The Balaban J connectivity index is 2.38. The molecule has 90 valence electrons. The molecule has 1 unspecified atom stereocenters. The molecular weight excluding hydrogens is 216 g/mol. The monoisotopic (exact) mass is 236 g/mol. The molecule has 15 heavy (non-hydrogen) atoms. The number of ether oxygens (including phenoxy) is 1. The van der Waals surface area contributed by atoms with Crippen LogP contribution in [0.5, 0.6) is 0 Å². The van der Waals surface area contributed by atoms with Gasteiger partial charge in [0.05, 0.1) is 18.1 Å². The summed E-state index contributed by atoms with van der Waals surface area (Å²) in [6, 6.07) is -0.0317. The van der Waals surface area contributed by atoms with Crippen molar-refractivity contribution < 1.29 is 13.2 Å². The molecule has 2 N–H and O–H groups in total. The minimum absolute atomic E-state index is 0.0317. The molecule has 1 aliphatic heterocycles. The fourth-order valence-corrected chi connectivity index (χ4v) is 3.08. The molecule has 6 heteroatoms. The zero-order valence-electron chi connectivity index (χ0n) is 9.18. The summed E-state index contributed by atoms with van der Waals surface area (Å²) < 4.78 is 27.6. The first-order valence-corrected chi connectivity index (χ1v) is 7.03. The van der Waals surface area contributed by atoms with E-state index in [2.05, 4.69) is 4.90 Å². The molecule has 0 aromatic carbocycles. The third-order valence-electron chi connectivity index (χ3n) is 2.52. The van der Waals surface area contributed by atoms with E-state index in [-0.39, 0.29) is 11.8 Å². The van der Waals surface area contributed by atoms with E-state index in [1.807, 2.05) is 0 Å². The molecule has 1 saturated heterocycles. The highest BCUT2D eigenvalue weighted by Crippen LogP contribution is 2.05. The molecule has 0 amide bonds. The van der Waals surface area contributed by atoms with E-state index in [1.165, 1.54) is 0 Å². The van der Waals surface area contributed by atoms with Gasteiger partial charge in [-0.3, -0.25) is 0 Å². The van der Waals surface area contributed by atoms with Gasteiger partial charge in [0.15, 0.2) is 9.84 Å². The van der Waals surface area contributed by atoms with E-state index < -0.39 is 9.84 Å². The van der Waals surface area contributed by atoms with E-state index in [1.54, 1.807) is 7.11 Å². The largest absolute Gasteiger partial charge is 0.383 e. The van der Waals surface area contributed by atoms with E-state index in [0.29, 0.717) is 31.9 Å². The molecule has 0 spiro atoms. The Morgan fingerprint density at radius 1 is 1.40 bits per heavy atom. The zero-order chi connectivity index (χ0) is 11.3. The maximum absolute atomic E-state index is 11.3. The first-order valence-electron chi connectivity index (χ1n) is 5.21. The molecule has 0 aromatic heterocycles. The number of methoxy groups -OCH3 is 1. The van der Waals surface area contributed by atoms with Gasteiger partial charge in [-0.15, -0.1) is 0 Å². The van der Waals surface area contributed by atoms with E-state index in [4.69, 9.17) is 10.5 Å². The van der Waals surface area contributed by atoms with Gasteiger partial charge >= 0.3 is 0 Å². The summed E-state index contributed by atoms with van der Waals surface area (Å²) in [5.74, 6) is 0.565. The molecule has 1 heterocycles. The van der Waals surface area contributed by atoms with Crippen LogP contribution in [0.4, 0.5) is 0 Å². The topological polar surface area (TPSA) is 72.6 Å². The second-order valence-electron chi connectivity index (χ2n) is 4.02. The molecule has 1 atom stereocenters. The van der Waals surface area contributed by atoms with Gasteiger partial charge in [0.2, 0.25) is 0 Å². The number of nitrogens with two attached hydrogens (primary N) is 1. The van der Waals surface area contributed by atoms with Crippen molar-refractivity contribution in [2.24, 2.45) is 5.73 Å². The first-order chi connectivity index (χ1) is 7.03. The summed E-state index contributed by atoms with van der Waals surface area (Å²) >= 11 is 0. The van der Waals surface area contributed by atoms with Crippen molar-refractivity contribution in [3.63, 3.8) is 0 Å². The first kappa shape index (κ1) is 12.9. The van der Waals surface area contributed by atoms with Crippen LogP contribution in [-0.4, -0.2) is 64.2 Å². The lowest BCUT2D eigenvalue weighted by atomic mass is 10.3. The van der Waals surface area contributed by atoms with Gasteiger partial charge in [0.1, 0.15) is 0 Å². The van der Waals surface area contributed by atoms with Crippen molar-refractivity contribution in [1.29, 1.82) is 0 Å². The van der Waals surface area contributed by atoms with Crippen LogP contribution < -0.4 is 5.73 Å². The van der Waals surface area contributed by atoms with Crippen LogP contribution in [0, 0.1) is 0 Å². The molecule has 1 fully saturated rings. The number of rotatable bonds is 4. The number of hydrogen-bond acceptors (Lipinski definition) is 5. The van der Waals surface area contributed by atoms with Crippen LogP contribution in [0.25, 0.3) is 0 Å². The minimum Gasteiger partial charge on any atom is -0.383 e. The van der Waals surface area contributed by atoms with Crippen molar-refractivity contribution in [2.75, 3.05) is 44.9 Å². The van der Waals surface area contributed by atoms with E-state index in [0.717, 1.165) is 6.54 Å². The van der Waals surface area contributed by atoms with E-state index in [9.17, 15) is 8.42 Å². The Kier molecular flexibility index (Phi) is 4.98. The molecule has 1 rings (SSSR count).